The molecule has 2 N–H and O–H groups in total. The van der Waals surface area contributed by atoms with Crippen molar-refractivity contribution in [3.05, 3.63) is 35.6 Å². The largest absolute Gasteiger partial charge is 0.348 e. The van der Waals surface area contributed by atoms with Gasteiger partial charge in [0.15, 0.2) is 6.04 Å². The van der Waals surface area contributed by atoms with Crippen LogP contribution in [0.2, 0.25) is 0 Å². The molecule has 0 aromatic heterocycles. The van der Waals surface area contributed by atoms with Crippen molar-refractivity contribution in [2.45, 2.75) is 38.4 Å². The van der Waals surface area contributed by atoms with Gasteiger partial charge in [-0.15, -0.1) is 0 Å². The molecule has 18 heavy (non-hydrogen) atoms. The van der Waals surface area contributed by atoms with Gasteiger partial charge in [0, 0.05) is 11.6 Å². The fourth-order valence-electron chi connectivity index (χ4n) is 1.85. The van der Waals surface area contributed by atoms with Crippen LogP contribution in [0.1, 0.15) is 25.3 Å². The van der Waals surface area contributed by atoms with E-state index in [4.69, 9.17) is 0 Å². The van der Waals surface area contributed by atoms with Crippen molar-refractivity contribution in [2.24, 2.45) is 0 Å². The molecule has 1 aromatic rings. The maximum absolute atomic E-state index is 12.8. The number of hydrogen-bond acceptors (Lipinski definition) is 1. The lowest BCUT2D eigenvalue weighted by Gasteiger charge is -2.21. The van der Waals surface area contributed by atoms with Crippen molar-refractivity contribution < 1.29 is 14.1 Å². The topological polar surface area (TPSA) is 33.5 Å². The highest BCUT2D eigenvalue weighted by molar-refractivity contribution is 5.80. The van der Waals surface area contributed by atoms with Crippen LogP contribution in [0.5, 0.6) is 0 Å². The highest BCUT2D eigenvalue weighted by atomic mass is 19.1. The number of nitrogens with one attached hydrogen (secondary N) is 2. The first-order chi connectivity index (χ1) is 8.56. The maximum Gasteiger partial charge on any atom is 0.278 e. The summed E-state index contributed by atoms with van der Waals surface area (Å²) in [6.45, 7) is 2.65. The van der Waals surface area contributed by atoms with Crippen LogP contribution in [0, 0.1) is 5.82 Å². The van der Waals surface area contributed by atoms with Crippen LogP contribution in [0.25, 0.3) is 0 Å². The van der Waals surface area contributed by atoms with Crippen molar-refractivity contribution >= 4 is 5.91 Å². The van der Waals surface area contributed by atoms with Crippen molar-refractivity contribution in [3.8, 4) is 0 Å². The predicted molar refractivity (Wildman–Crippen MR) is 67.6 cm³/mol. The summed E-state index contributed by atoms with van der Waals surface area (Å²) >= 11 is 0. The Morgan fingerprint density at radius 1 is 1.44 bits per heavy atom. The van der Waals surface area contributed by atoms with Gasteiger partial charge >= 0.3 is 0 Å². The van der Waals surface area contributed by atoms with Crippen LogP contribution in [-0.2, 0) is 11.3 Å². The van der Waals surface area contributed by atoms with E-state index in [9.17, 15) is 9.18 Å². The lowest BCUT2D eigenvalue weighted by Crippen LogP contribution is -3.12. The van der Waals surface area contributed by atoms with Gasteiger partial charge in [-0.2, -0.15) is 0 Å². The Morgan fingerprint density at radius 2 is 2.06 bits per heavy atom. The van der Waals surface area contributed by atoms with E-state index in [1.165, 1.54) is 12.1 Å². The van der Waals surface area contributed by atoms with Gasteiger partial charge in [0.25, 0.3) is 5.91 Å². The van der Waals surface area contributed by atoms with Crippen LogP contribution in [-0.4, -0.2) is 25.0 Å². The van der Waals surface area contributed by atoms with Gasteiger partial charge in [0.1, 0.15) is 12.4 Å². The standard InChI is InChI=1S/C14H19FN2O/c1-10(14(18)16-13-7-8-13)17(2)9-11-3-5-12(15)6-4-11/h3-6,10,13H,7-9H2,1-2H3,(H,16,18)/p+1/t10-/m0/s1. The van der Waals surface area contributed by atoms with E-state index in [0.717, 1.165) is 29.8 Å². The second-order valence-electron chi connectivity index (χ2n) is 5.15. The molecule has 3 nitrogen and oxygen atoms in total. The minimum atomic E-state index is -0.226. The van der Waals surface area contributed by atoms with Crippen molar-refractivity contribution in [2.75, 3.05) is 7.05 Å². The van der Waals surface area contributed by atoms with Gasteiger partial charge < -0.3 is 10.2 Å². The quantitative estimate of drug-likeness (QED) is 0.785. The summed E-state index contributed by atoms with van der Waals surface area (Å²) in [5, 5.41) is 3.01. The Morgan fingerprint density at radius 3 is 2.61 bits per heavy atom. The van der Waals surface area contributed by atoms with Gasteiger partial charge in [-0.25, -0.2) is 4.39 Å². The van der Waals surface area contributed by atoms with Gasteiger partial charge in [0.05, 0.1) is 7.05 Å². The van der Waals surface area contributed by atoms with Gasteiger partial charge in [-0.1, -0.05) is 12.1 Å². The van der Waals surface area contributed by atoms with Crippen molar-refractivity contribution in [1.82, 2.24) is 5.32 Å². The number of quaternary nitrogens is 1. The number of rotatable bonds is 5. The molecule has 1 aromatic carbocycles. The molecular formula is C14H20FN2O+. The molecule has 98 valence electrons. The molecule has 1 aliphatic carbocycles. The van der Waals surface area contributed by atoms with Crippen molar-refractivity contribution in [1.29, 1.82) is 0 Å². The third-order valence-electron chi connectivity index (χ3n) is 3.45. The molecule has 1 unspecified atom stereocenters. The zero-order valence-electron chi connectivity index (χ0n) is 10.9. The van der Waals surface area contributed by atoms with Crippen LogP contribution >= 0.6 is 0 Å². The smallest absolute Gasteiger partial charge is 0.278 e. The highest BCUT2D eigenvalue weighted by Gasteiger charge is 2.29. The molecule has 0 spiro atoms. The summed E-state index contributed by atoms with van der Waals surface area (Å²) in [4.78, 5) is 13.0. The minimum absolute atomic E-state index is 0.0874. The molecule has 0 radical (unpaired) electrons. The van der Waals surface area contributed by atoms with E-state index in [1.807, 2.05) is 14.0 Å². The first kappa shape index (κ1) is 13.0. The first-order valence-electron chi connectivity index (χ1n) is 6.43. The molecule has 1 saturated carbocycles. The number of benzene rings is 1. The number of halogens is 1. The highest BCUT2D eigenvalue weighted by Crippen LogP contribution is 2.18. The monoisotopic (exact) mass is 251 g/mol. The third-order valence-corrected chi connectivity index (χ3v) is 3.45. The summed E-state index contributed by atoms with van der Waals surface area (Å²) in [6, 6.07) is 6.76. The summed E-state index contributed by atoms with van der Waals surface area (Å²) in [6.07, 6.45) is 2.21. The molecule has 2 atom stereocenters. The van der Waals surface area contributed by atoms with Crippen LogP contribution in [0.15, 0.2) is 24.3 Å². The van der Waals surface area contributed by atoms with E-state index in [1.54, 1.807) is 12.1 Å². The maximum atomic E-state index is 12.8. The second-order valence-corrected chi connectivity index (χ2v) is 5.15. The van der Waals surface area contributed by atoms with E-state index in [2.05, 4.69) is 5.32 Å². The van der Waals surface area contributed by atoms with E-state index in [-0.39, 0.29) is 17.8 Å². The van der Waals surface area contributed by atoms with Crippen LogP contribution in [0.3, 0.4) is 0 Å². The number of likely N-dealkylation sites (N-methyl/N-ethyl adjacent to an activating group) is 1. The second kappa shape index (κ2) is 5.48. The molecule has 1 aliphatic rings. The Hall–Kier alpha value is -1.42. The molecule has 0 aliphatic heterocycles. The summed E-state index contributed by atoms with van der Waals surface area (Å²) in [5.74, 6) is -0.118. The molecule has 1 amide bonds. The Labute approximate surface area is 107 Å². The lowest BCUT2D eigenvalue weighted by atomic mass is 10.2. The molecule has 4 heteroatoms. The number of carbonyl (C=O) groups excluding carboxylic acids is 1. The molecular weight excluding hydrogens is 231 g/mol. The Balaban J connectivity index is 1.87. The van der Waals surface area contributed by atoms with Gasteiger partial charge in [-0.3, -0.25) is 4.79 Å². The van der Waals surface area contributed by atoms with Gasteiger partial charge in [-0.05, 0) is 31.9 Å². The predicted octanol–water partition coefficient (Wildman–Crippen LogP) is 0.508. The average Bonchev–Trinajstić information content (AvgIpc) is 3.15. The van der Waals surface area contributed by atoms with Crippen molar-refractivity contribution in [3.63, 3.8) is 0 Å². The molecule has 0 bridgehead atoms. The average molecular weight is 251 g/mol. The normalized spacial score (nSPS) is 18.2. The van der Waals surface area contributed by atoms with E-state index < -0.39 is 0 Å². The van der Waals surface area contributed by atoms with Crippen LogP contribution < -0.4 is 10.2 Å². The first-order valence-corrected chi connectivity index (χ1v) is 6.43. The Bertz CT molecular complexity index is 414. The lowest BCUT2D eigenvalue weighted by molar-refractivity contribution is -0.908. The number of hydrogen-bond donors (Lipinski definition) is 2. The third kappa shape index (κ3) is 3.53. The fraction of sp³-hybridized carbons (Fsp3) is 0.500. The van der Waals surface area contributed by atoms with E-state index >= 15 is 0 Å². The molecule has 1 fully saturated rings. The summed E-state index contributed by atoms with van der Waals surface area (Å²) in [5.41, 5.74) is 1.04. The number of amides is 1. The number of carbonyl (C=O) groups is 1. The minimum Gasteiger partial charge on any atom is -0.348 e. The Kier molecular flexibility index (Phi) is 3.97. The van der Waals surface area contributed by atoms with Crippen LogP contribution in [0.4, 0.5) is 4.39 Å². The fourth-order valence-corrected chi connectivity index (χ4v) is 1.85. The zero-order chi connectivity index (χ0) is 13.1. The molecule has 2 rings (SSSR count). The summed E-state index contributed by atoms with van der Waals surface area (Å²) in [7, 11) is 1.99. The zero-order valence-corrected chi connectivity index (χ0v) is 10.9. The molecule has 0 heterocycles. The van der Waals surface area contributed by atoms with E-state index in [0.29, 0.717) is 6.04 Å². The molecule has 0 saturated heterocycles. The summed E-state index contributed by atoms with van der Waals surface area (Å²) < 4.78 is 12.8. The van der Waals surface area contributed by atoms with Gasteiger partial charge in [0.2, 0.25) is 0 Å². The SMILES string of the molecule is C[C@@H](C(=O)NC1CC1)[NH+](C)Cc1ccc(F)cc1.